The molecule has 0 amide bonds. The summed E-state index contributed by atoms with van der Waals surface area (Å²) in [6, 6.07) is 6.69. The summed E-state index contributed by atoms with van der Waals surface area (Å²) in [5.41, 5.74) is 1.87. The third-order valence-electron chi connectivity index (χ3n) is 2.81. The van der Waals surface area contributed by atoms with Gasteiger partial charge in [0.1, 0.15) is 0 Å². The Balaban J connectivity index is 2.25. The molecule has 0 saturated heterocycles. The minimum Gasteiger partial charge on any atom is -0.207 e. The molecule has 1 aromatic carbocycles. The van der Waals surface area contributed by atoms with Crippen LogP contribution in [0.5, 0.6) is 0 Å². The van der Waals surface area contributed by atoms with Crippen LogP contribution in [0.3, 0.4) is 0 Å². The van der Waals surface area contributed by atoms with Gasteiger partial charge >= 0.3 is 0 Å². The lowest BCUT2D eigenvalue weighted by Crippen LogP contribution is -2.26. The molecule has 0 aliphatic carbocycles. The van der Waals surface area contributed by atoms with E-state index < -0.39 is 10.0 Å². The third-order valence-corrected chi connectivity index (χ3v) is 5.94. The highest BCUT2D eigenvalue weighted by Gasteiger charge is 2.19. The fraction of sp³-hybridized carbons (Fsp3) is 0.231. The Bertz CT molecular complexity index is 666. The van der Waals surface area contributed by atoms with E-state index in [2.05, 4.69) is 20.7 Å². The minimum absolute atomic E-state index is 0.236. The first-order chi connectivity index (χ1) is 8.90. The number of benzene rings is 1. The molecule has 3 nitrogen and oxygen atoms in total. The second kappa shape index (κ2) is 5.75. The molecule has 2 aromatic rings. The molecule has 102 valence electrons. The van der Waals surface area contributed by atoms with Crippen molar-refractivity contribution in [2.24, 2.45) is 0 Å². The number of sulfonamides is 1. The van der Waals surface area contributed by atoms with Crippen molar-refractivity contribution in [1.82, 2.24) is 4.72 Å². The van der Waals surface area contributed by atoms with E-state index in [0.717, 1.165) is 15.6 Å². The molecule has 0 aliphatic rings. The summed E-state index contributed by atoms with van der Waals surface area (Å²) in [4.78, 5) is 0.287. The van der Waals surface area contributed by atoms with Crippen LogP contribution in [0.25, 0.3) is 0 Å². The summed E-state index contributed by atoms with van der Waals surface area (Å²) in [7, 11) is -3.49. The van der Waals surface area contributed by atoms with Crippen LogP contribution in [0.15, 0.2) is 44.4 Å². The monoisotopic (exact) mass is 359 g/mol. The van der Waals surface area contributed by atoms with Gasteiger partial charge in [-0.25, -0.2) is 13.1 Å². The minimum atomic E-state index is -3.49. The van der Waals surface area contributed by atoms with Crippen LogP contribution >= 0.6 is 27.3 Å². The van der Waals surface area contributed by atoms with Gasteiger partial charge in [-0.1, -0.05) is 15.9 Å². The third kappa shape index (κ3) is 3.45. The van der Waals surface area contributed by atoms with Crippen LogP contribution in [0.2, 0.25) is 0 Å². The van der Waals surface area contributed by atoms with Crippen molar-refractivity contribution in [1.29, 1.82) is 0 Å². The topological polar surface area (TPSA) is 46.2 Å². The van der Waals surface area contributed by atoms with E-state index in [1.54, 1.807) is 29.5 Å². The highest BCUT2D eigenvalue weighted by molar-refractivity contribution is 9.10. The molecular weight excluding hydrogens is 346 g/mol. The van der Waals surface area contributed by atoms with Gasteiger partial charge in [0.15, 0.2) is 0 Å². The van der Waals surface area contributed by atoms with Gasteiger partial charge in [0, 0.05) is 10.5 Å². The molecule has 1 unspecified atom stereocenters. The molecule has 1 heterocycles. The Labute approximate surface area is 125 Å². The Kier molecular flexibility index (Phi) is 4.45. The molecule has 0 radical (unpaired) electrons. The number of thiophene rings is 1. The summed E-state index contributed by atoms with van der Waals surface area (Å²) < 4.78 is 28.1. The van der Waals surface area contributed by atoms with Gasteiger partial charge in [0.25, 0.3) is 0 Å². The van der Waals surface area contributed by atoms with Crippen molar-refractivity contribution in [2.45, 2.75) is 24.8 Å². The van der Waals surface area contributed by atoms with Gasteiger partial charge in [-0.15, -0.1) is 0 Å². The predicted octanol–water partition coefficient (Wildman–Crippen LogP) is 3.86. The van der Waals surface area contributed by atoms with Crippen molar-refractivity contribution < 1.29 is 8.42 Å². The largest absolute Gasteiger partial charge is 0.241 e. The summed E-state index contributed by atoms with van der Waals surface area (Å²) in [5, 5.41) is 3.88. The number of aryl methyl sites for hydroxylation is 1. The first-order valence-electron chi connectivity index (χ1n) is 5.71. The highest BCUT2D eigenvalue weighted by atomic mass is 79.9. The maximum absolute atomic E-state index is 12.3. The average Bonchev–Trinajstić information content (AvgIpc) is 2.85. The SMILES string of the molecule is Cc1cc(S(=O)(=O)NC(C)c2ccsc2)ccc1Br. The summed E-state index contributed by atoms with van der Waals surface area (Å²) in [6.07, 6.45) is 0. The molecule has 0 bridgehead atoms. The highest BCUT2D eigenvalue weighted by Crippen LogP contribution is 2.22. The molecule has 1 N–H and O–H groups in total. The number of hydrogen-bond acceptors (Lipinski definition) is 3. The Morgan fingerprint density at radius 2 is 2.05 bits per heavy atom. The van der Waals surface area contributed by atoms with Crippen molar-refractivity contribution in [3.8, 4) is 0 Å². The molecule has 6 heteroatoms. The van der Waals surface area contributed by atoms with Gasteiger partial charge in [0.05, 0.1) is 4.90 Å². The Morgan fingerprint density at radius 1 is 1.32 bits per heavy atom. The van der Waals surface area contributed by atoms with Gasteiger partial charge in [-0.3, -0.25) is 0 Å². The van der Waals surface area contributed by atoms with E-state index in [4.69, 9.17) is 0 Å². The average molecular weight is 360 g/mol. The lowest BCUT2D eigenvalue weighted by atomic mass is 10.2. The maximum Gasteiger partial charge on any atom is 0.241 e. The first-order valence-corrected chi connectivity index (χ1v) is 8.92. The zero-order valence-corrected chi connectivity index (χ0v) is 13.8. The first kappa shape index (κ1) is 14.7. The van der Waals surface area contributed by atoms with Gasteiger partial charge < -0.3 is 0 Å². The molecule has 0 saturated carbocycles. The quantitative estimate of drug-likeness (QED) is 0.900. The smallest absolute Gasteiger partial charge is 0.207 e. The standard InChI is InChI=1S/C13H14BrNO2S2/c1-9-7-12(3-4-13(9)14)19(16,17)15-10(2)11-5-6-18-8-11/h3-8,10,15H,1-2H3. The van der Waals surface area contributed by atoms with E-state index in [1.165, 1.54) is 0 Å². The van der Waals surface area contributed by atoms with Gasteiger partial charge in [0.2, 0.25) is 10.0 Å². The van der Waals surface area contributed by atoms with Gasteiger partial charge in [-0.2, -0.15) is 11.3 Å². The molecule has 1 aromatic heterocycles. The number of halogens is 1. The lowest BCUT2D eigenvalue weighted by molar-refractivity contribution is 0.567. The van der Waals surface area contributed by atoms with E-state index in [0.29, 0.717) is 0 Å². The van der Waals surface area contributed by atoms with Crippen LogP contribution in [0.4, 0.5) is 0 Å². The summed E-state index contributed by atoms with van der Waals surface area (Å²) >= 11 is 4.92. The van der Waals surface area contributed by atoms with Crippen LogP contribution in [-0.4, -0.2) is 8.42 Å². The van der Waals surface area contributed by atoms with E-state index >= 15 is 0 Å². The van der Waals surface area contributed by atoms with E-state index in [-0.39, 0.29) is 10.9 Å². The molecule has 1 atom stereocenters. The fourth-order valence-corrected chi connectivity index (χ4v) is 3.99. The molecule has 0 spiro atoms. The molecule has 0 aliphatic heterocycles. The number of nitrogens with one attached hydrogen (secondary N) is 1. The molecular formula is C13H14BrNO2S2. The van der Waals surface area contributed by atoms with Crippen molar-refractivity contribution in [3.63, 3.8) is 0 Å². The fourth-order valence-electron chi connectivity index (χ4n) is 1.67. The maximum atomic E-state index is 12.3. The second-order valence-corrected chi connectivity index (χ2v) is 7.66. The van der Waals surface area contributed by atoms with Gasteiger partial charge in [-0.05, 0) is 60.0 Å². The van der Waals surface area contributed by atoms with E-state index in [1.807, 2.05) is 30.7 Å². The van der Waals surface area contributed by atoms with Crippen LogP contribution in [0.1, 0.15) is 24.1 Å². The molecule has 19 heavy (non-hydrogen) atoms. The Hall–Kier alpha value is -0.690. The van der Waals surface area contributed by atoms with Crippen LogP contribution < -0.4 is 4.72 Å². The zero-order chi connectivity index (χ0) is 14.0. The van der Waals surface area contributed by atoms with Crippen LogP contribution in [0, 0.1) is 6.92 Å². The number of rotatable bonds is 4. The van der Waals surface area contributed by atoms with E-state index in [9.17, 15) is 8.42 Å². The predicted molar refractivity (Wildman–Crippen MR) is 81.9 cm³/mol. The molecule has 0 fully saturated rings. The van der Waals surface area contributed by atoms with Crippen molar-refractivity contribution in [2.75, 3.05) is 0 Å². The zero-order valence-electron chi connectivity index (χ0n) is 10.6. The molecule has 2 rings (SSSR count). The second-order valence-electron chi connectivity index (χ2n) is 4.31. The van der Waals surface area contributed by atoms with Crippen molar-refractivity contribution >= 4 is 37.3 Å². The number of hydrogen-bond donors (Lipinski definition) is 1. The summed E-state index contributed by atoms with van der Waals surface area (Å²) in [5.74, 6) is 0. The normalized spacial score (nSPS) is 13.4. The summed E-state index contributed by atoms with van der Waals surface area (Å²) in [6.45, 7) is 3.71. The van der Waals surface area contributed by atoms with Crippen LogP contribution in [-0.2, 0) is 10.0 Å². The Morgan fingerprint density at radius 3 is 2.63 bits per heavy atom. The van der Waals surface area contributed by atoms with Crippen molar-refractivity contribution in [3.05, 3.63) is 50.6 Å². The lowest BCUT2D eigenvalue weighted by Gasteiger charge is -2.13.